The molecule has 2 rings (SSSR count). The number of Topliss-reactive ketones (excluding diaryl/α,β-unsaturated/α-hetero) is 1. The van der Waals surface area contributed by atoms with Gasteiger partial charge in [0.1, 0.15) is 23.0 Å². The van der Waals surface area contributed by atoms with Crippen molar-refractivity contribution in [1.82, 2.24) is 0 Å². The summed E-state index contributed by atoms with van der Waals surface area (Å²) in [5.74, 6) is 1.99. The molecular formula is C15H20N2O3. The molecule has 0 spiro atoms. The van der Waals surface area contributed by atoms with Gasteiger partial charge in [0.05, 0.1) is 24.9 Å². The molecule has 4 N–H and O–H groups in total. The van der Waals surface area contributed by atoms with E-state index in [2.05, 4.69) is 0 Å². The zero-order chi connectivity index (χ0) is 14.7. The molecule has 0 radical (unpaired) electrons. The third-order valence-corrected chi connectivity index (χ3v) is 3.47. The first-order valence-electron chi connectivity index (χ1n) is 6.67. The average molecular weight is 276 g/mol. The average Bonchev–Trinajstić information content (AvgIpc) is 3.13. The molecule has 2 atom stereocenters. The van der Waals surface area contributed by atoms with Crippen LogP contribution in [0.4, 0.5) is 0 Å². The maximum atomic E-state index is 12.5. The van der Waals surface area contributed by atoms with E-state index in [1.807, 2.05) is 13.8 Å². The van der Waals surface area contributed by atoms with Gasteiger partial charge >= 0.3 is 0 Å². The van der Waals surface area contributed by atoms with Crippen LogP contribution in [0.3, 0.4) is 0 Å². The number of nitrogens with two attached hydrogens (primary N) is 2. The van der Waals surface area contributed by atoms with Crippen LogP contribution in [0.25, 0.3) is 0 Å². The molecule has 0 aliphatic carbocycles. The standard InChI is InChI=1S/C15H20N2O3/c1-9(13-5-3-11(7-16)19-13)15(18)10(2)14-6-4-12(8-17)20-14/h3-6,9-10H,7-8,16-17H2,1-2H3. The SMILES string of the molecule is CC(C(=O)C(C)c1ccc(CN)o1)c1ccc(CN)o1. The summed E-state index contributed by atoms with van der Waals surface area (Å²) in [6, 6.07) is 7.18. The molecule has 0 amide bonds. The molecule has 0 saturated carbocycles. The van der Waals surface area contributed by atoms with Crippen molar-refractivity contribution in [1.29, 1.82) is 0 Å². The van der Waals surface area contributed by atoms with E-state index in [4.69, 9.17) is 20.3 Å². The lowest BCUT2D eigenvalue weighted by Crippen LogP contribution is -2.15. The molecule has 0 aliphatic rings. The minimum atomic E-state index is -0.336. The Labute approximate surface area is 117 Å². The summed E-state index contributed by atoms with van der Waals surface area (Å²) in [4.78, 5) is 12.5. The van der Waals surface area contributed by atoms with Gasteiger partial charge in [-0.3, -0.25) is 4.79 Å². The molecule has 5 nitrogen and oxygen atoms in total. The van der Waals surface area contributed by atoms with Gasteiger partial charge in [0, 0.05) is 0 Å². The van der Waals surface area contributed by atoms with E-state index in [-0.39, 0.29) is 17.6 Å². The predicted molar refractivity (Wildman–Crippen MR) is 75.0 cm³/mol. The summed E-state index contributed by atoms with van der Waals surface area (Å²) in [6.07, 6.45) is 0. The van der Waals surface area contributed by atoms with E-state index < -0.39 is 0 Å². The highest BCUT2D eigenvalue weighted by Crippen LogP contribution is 2.28. The summed E-state index contributed by atoms with van der Waals surface area (Å²) in [5.41, 5.74) is 11.0. The maximum Gasteiger partial charge on any atom is 0.153 e. The number of carbonyl (C=O) groups excluding carboxylic acids is 1. The Morgan fingerprint density at radius 3 is 1.65 bits per heavy atom. The van der Waals surface area contributed by atoms with E-state index in [0.717, 1.165) is 0 Å². The van der Waals surface area contributed by atoms with Crippen LogP contribution in [-0.2, 0) is 17.9 Å². The minimum absolute atomic E-state index is 0.0424. The summed E-state index contributed by atoms with van der Waals surface area (Å²) in [5, 5.41) is 0. The normalized spacial score (nSPS) is 14.2. The topological polar surface area (TPSA) is 95.4 Å². The summed E-state index contributed by atoms with van der Waals surface area (Å²) in [6.45, 7) is 4.30. The maximum absolute atomic E-state index is 12.5. The number of hydrogen-bond acceptors (Lipinski definition) is 5. The van der Waals surface area contributed by atoms with E-state index >= 15 is 0 Å². The Balaban J connectivity index is 2.13. The number of hydrogen-bond donors (Lipinski definition) is 2. The molecular weight excluding hydrogens is 256 g/mol. The molecule has 5 heteroatoms. The fraction of sp³-hybridized carbons (Fsp3) is 0.400. The van der Waals surface area contributed by atoms with Crippen LogP contribution >= 0.6 is 0 Å². The van der Waals surface area contributed by atoms with Gasteiger partial charge in [0.2, 0.25) is 0 Å². The van der Waals surface area contributed by atoms with Crippen LogP contribution in [0, 0.1) is 0 Å². The minimum Gasteiger partial charge on any atom is -0.464 e. The Bertz CT molecular complexity index is 535. The van der Waals surface area contributed by atoms with Gasteiger partial charge in [0.25, 0.3) is 0 Å². The fourth-order valence-electron chi connectivity index (χ4n) is 2.13. The smallest absolute Gasteiger partial charge is 0.153 e. The number of carbonyl (C=O) groups is 1. The first kappa shape index (κ1) is 14.6. The van der Waals surface area contributed by atoms with Gasteiger partial charge in [-0.05, 0) is 38.1 Å². The number of rotatable bonds is 6. The number of furan rings is 2. The second-order valence-electron chi connectivity index (χ2n) is 4.86. The Morgan fingerprint density at radius 1 is 0.950 bits per heavy atom. The Hall–Kier alpha value is -1.85. The van der Waals surface area contributed by atoms with Gasteiger partial charge in [-0.25, -0.2) is 0 Å². The molecule has 0 bridgehead atoms. The largest absolute Gasteiger partial charge is 0.464 e. The zero-order valence-electron chi connectivity index (χ0n) is 11.8. The molecule has 2 aromatic rings. The lowest BCUT2D eigenvalue weighted by Gasteiger charge is -2.12. The van der Waals surface area contributed by atoms with Crippen LogP contribution in [0.1, 0.15) is 48.7 Å². The molecule has 0 fully saturated rings. The molecule has 0 aromatic carbocycles. The van der Waals surface area contributed by atoms with E-state index in [0.29, 0.717) is 36.1 Å². The predicted octanol–water partition coefficient (Wildman–Crippen LogP) is 2.27. The highest BCUT2D eigenvalue weighted by molar-refractivity contribution is 5.90. The second-order valence-corrected chi connectivity index (χ2v) is 4.86. The fourth-order valence-corrected chi connectivity index (χ4v) is 2.13. The van der Waals surface area contributed by atoms with Crippen LogP contribution < -0.4 is 11.5 Å². The number of ketones is 1. The van der Waals surface area contributed by atoms with Gasteiger partial charge in [0.15, 0.2) is 5.78 Å². The van der Waals surface area contributed by atoms with Crippen molar-refractivity contribution in [2.75, 3.05) is 0 Å². The van der Waals surface area contributed by atoms with Gasteiger partial charge in [-0.15, -0.1) is 0 Å². The van der Waals surface area contributed by atoms with Crippen molar-refractivity contribution < 1.29 is 13.6 Å². The second kappa shape index (κ2) is 6.07. The molecule has 0 saturated heterocycles. The quantitative estimate of drug-likeness (QED) is 0.843. The van der Waals surface area contributed by atoms with E-state index in [1.165, 1.54) is 0 Å². The first-order valence-corrected chi connectivity index (χ1v) is 6.67. The molecule has 2 aromatic heterocycles. The summed E-state index contributed by atoms with van der Waals surface area (Å²) in [7, 11) is 0. The molecule has 108 valence electrons. The zero-order valence-corrected chi connectivity index (χ0v) is 11.8. The lowest BCUT2D eigenvalue weighted by molar-refractivity contribution is -0.121. The van der Waals surface area contributed by atoms with Crippen molar-refractivity contribution in [3.8, 4) is 0 Å². The van der Waals surface area contributed by atoms with Crippen LogP contribution in [-0.4, -0.2) is 5.78 Å². The third-order valence-electron chi connectivity index (χ3n) is 3.47. The molecule has 2 unspecified atom stereocenters. The third kappa shape index (κ3) is 2.84. The van der Waals surface area contributed by atoms with E-state index in [9.17, 15) is 4.79 Å². The van der Waals surface area contributed by atoms with Crippen molar-refractivity contribution in [3.63, 3.8) is 0 Å². The highest BCUT2D eigenvalue weighted by Gasteiger charge is 2.27. The van der Waals surface area contributed by atoms with Gasteiger partial charge in [-0.2, -0.15) is 0 Å². The van der Waals surface area contributed by atoms with Crippen LogP contribution in [0.15, 0.2) is 33.1 Å². The van der Waals surface area contributed by atoms with Gasteiger partial charge < -0.3 is 20.3 Å². The summed E-state index contributed by atoms with van der Waals surface area (Å²) >= 11 is 0. The first-order chi connectivity index (χ1) is 9.56. The van der Waals surface area contributed by atoms with Crippen molar-refractivity contribution in [2.24, 2.45) is 11.5 Å². The van der Waals surface area contributed by atoms with Gasteiger partial charge in [-0.1, -0.05) is 0 Å². The van der Waals surface area contributed by atoms with E-state index in [1.54, 1.807) is 24.3 Å². The molecule has 20 heavy (non-hydrogen) atoms. The van der Waals surface area contributed by atoms with Crippen molar-refractivity contribution in [2.45, 2.75) is 38.8 Å². The Kier molecular flexibility index (Phi) is 4.42. The molecule has 2 heterocycles. The Morgan fingerprint density at radius 2 is 1.35 bits per heavy atom. The monoisotopic (exact) mass is 276 g/mol. The van der Waals surface area contributed by atoms with Crippen molar-refractivity contribution in [3.05, 3.63) is 47.3 Å². The van der Waals surface area contributed by atoms with Crippen LogP contribution in [0.2, 0.25) is 0 Å². The lowest BCUT2D eigenvalue weighted by atomic mass is 9.92. The summed E-state index contributed by atoms with van der Waals surface area (Å²) < 4.78 is 11.1. The highest BCUT2D eigenvalue weighted by atomic mass is 16.3. The van der Waals surface area contributed by atoms with Crippen LogP contribution in [0.5, 0.6) is 0 Å². The molecule has 0 aliphatic heterocycles. The van der Waals surface area contributed by atoms with Crippen molar-refractivity contribution >= 4 is 5.78 Å².